The molecule has 0 aliphatic heterocycles. The lowest BCUT2D eigenvalue weighted by atomic mass is 10.0. The van der Waals surface area contributed by atoms with Crippen molar-refractivity contribution in [1.82, 2.24) is 10.6 Å². The van der Waals surface area contributed by atoms with E-state index in [9.17, 15) is 4.79 Å². The molecule has 4 nitrogen and oxygen atoms in total. The van der Waals surface area contributed by atoms with Crippen LogP contribution in [0.2, 0.25) is 0 Å². The van der Waals surface area contributed by atoms with E-state index in [1.807, 2.05) is 6.92 Å². The predicted molar refractivity (Wildman–Crippen MR) is 77.2 cm³/mol. The van der Waals surface area contributed by atoms with Crippen LogP contribution in [0.1, 0.15) is 31.4 Å². The molecule has 4 heteroatoms. The fourth-order valence-electron chi connectivity index (χ4n) is 1.78. The zero-order chi connectivity index (χ0) is 14.3. The van der Waals surface area contributed by atoms with E-state index in [1.165, 1.54) is 11.1 Å². The number of aliphatic hydroxyl groups is 1. The molecular weight excluding hydrogens is 240 g/mol. The number of urea groups is 1. The van der Waals surface area contributed by atoms with Crippen molar-refractivity contribution in [3.63, 3.8) is 0 Å². The Morgan fingerprint density at radius 3 is 2.47 bits per heavy atom. The number of hydrogen-bond acceptors (Lipinski definition) is 2. The topological polar surface area (TPSA) is 61.4 Å². The third-order valence-electron chi connectivity index (χ3n) is 2.99. The maximum Gasteiger partial charge on any atom is 0.315 e. The first kappa shape index (κ1) is 15.5. The molecule has 2 amide bonds. The largest absolute Gasteiger partial charge is 0.392 e. The molecule has 0 aliphatic carbocycles. The van der Waals surface area contributed by atoms with Gasteiger partial charge in [0.2, 0.25) is 0 Å². The third kappa shape index (κ3) is 6.25. The third-order valence-corrected chi connectivity index (χ3v) is 2.99. The predicted octanol–water partition coefficient (Wildman–Crippen LogP) is 2.00. The Kier molecular flexibility index (Phi) is 6.36. The highest BCUT2D eigenvalue weighted by molar-refractivity contribution is 5.74. The number of hydrogen-bond donors (Lipinski definition) is 3. The summed E-state index contributed by atoms with van der Waals surface area (Å²) in [5.41, 5.74) is 2.45. The van der Waals surface area contributed by atoms with Gasteiger partial charge < -0.3 is 15.7 Å². The zero-order valence-electron chi connectivity index (χ0n) is 11.9. The smallest absolute Gasteiger partial charge is 0.315 e. The molecule has 1 aromatic carbocycles. The minimum atomic E-state index is -0.525. The fraction of sp³-hybridized carbons (Fsp3) is 0.533. The molecule has 3 N–H and O–H groups in total. The van der Waals surface area contributed by atoms with Gasteiger partial charge in [-0.25, -0.2) is 4.79 Å². The summed E-state index contributed by atoms with van der Waals surface area (Å²) in [4.78, 5) is 11.6. The van der Waals surface area contributed by atoms with E-state index in [2.05, 4.69) is 41.8 Å². The summed E-state index contributed by atoms with van der Waals surface area (Å²) in [5.74, 6) is 0. The minimum Gasteiger partial charge on any atom is -0.392 e. The van der Waals surface area contributed by atoms with Gasteiger partial charge in [-0.05, 0) is 32.3 Å². The van der Waals surface area contributed by atoms with E-state index >= 15 is 0 Å². The standard InChI is InChI=1S/C15H24N2O2/c1-4-14(17-15(19)16-10-12(3)18)9-13-7-5-11(2)6-8-13/h5-8,12,14,18H,4,9-10H2,1-3H3,(H2,16,17,19)/t12-,14-/m0/s1. The molecule has 0 saturated carbocycles. The van der Waals surface area contributed by atoms with Crippen LogP contribution in [0.4, 0.5) is 4.79 Å². The van der Waals surface area contributed by atoms with Crippen LogP contribution in [-0.2, 0) is 6.42 Å². The zero-order valence-corrected chi connectivity index (χ0v) is 11.9. The van der Waals surface area contributed by atoms with Gasteiger partial charge in [0.05, 0.1) is 6.10 Å². The van der Waals surface area contributed by atoms with Crippen molar-refractivity contribution in [3.05, 3.63) is 35.4 Å². The van der Waals surface area contributed by atoms with Crippen LogP contribution in [0, 0.1) is 6.92 Å². The summed E-state index contributed by atoms with van der Waals surface area (Å²) in [5, 5.41) is 14.7. The summed E-state index contributed by atoms with van der Waals surface area (Å²) in [6.45, 7) is 6.02. The van der Waals surface area contributed by atoms with E-state index in [4.69, 9.17) is 5.11 Å². The highest BCUT2D eigenvalue weighted by atomic mass is 16.3. The number of benzene rings is 1. The van der Waals surface area contributed by atoms with Crippen molar-refractivity contribution in [2.24, 2.45) is 0 Å². The Balaban J connectivity index is 2.45. The average Bonchev–Trinajstić information content (AvgIpc) is 2.38. The molecular formula is C15H24N2O2. The van der Waals surface area contributed by atoms with Gasteiger partial charge in [-0.2, -0.15) is 0 Å². The van der Waals surface area contributed by atoms with Gasteiger partial charge in [0.25, 0.3) is 0 Å². The second-order valence-electron chi connectivity index (χ2n) is 5.00. The second-order valence-corrected chi connectivity index (χ2v) is 5.00. The lowest BCUT2D eigenvalue weighted by Crippen LogP contribution is -2.44. The van der Waals surface area contributed by atoms with Gasteiger partial charge in [0.1, 0.15) is 0 Å². The summed E-state index contributed by atoms with van der Waals surface area (Å²) in [6.07, 6.45) is 1.16. The number of carbonyl (C=O) groups is 1. The fourth-order valence-corrected chi connectivity index (χ4v) is 1.78. The molecule has 2 atom stereocenters. The SMILES string of the molecule is CC[C@@H](Cc1ccc(C)cc1)NC(=O)NC[C@H](C)O. The van der Waals surface area contributed by atoms with Gasteiger partial charge >= 0.3 is 6.03 Å². The normalized spacial score (nSPS) is 13.7. The molecule has 0 unspecified atom stereocenters. The van der Waals surface area contributed by atoms with Crippen molar-refractivity contribution >= 4 is 6.03 Å². The Hall–Kier alpha value is -1.55. The molecule has 0 aromatic heterocycles. The van der Waals surface area contributed by atoms with Gasteiger partial charge in [0, 0.05) is 12.6 Å². The molecule has 1 aromatic rings. The quantitative estimate of drug-likeness (QED) is 0.736. The Morgan fingerprint density at radius 1 is 1.32 bits per heavy atom. The maximum absolute atomic E-state index is 11.6. The van der Waals surface area contributed by atoms with E-state index in [0.29, 0.717) is 0 Å². The number of nitrogens with one attached hydrogen (secondary N) is 2. The first-order valence-corrected chi connectivity index (χ1v) is 6.79. The molecule has 1 rings (SSSR count). The highest BCUT2D eigenvalue weighted by Crippen LogP contribution is 2.07. The van der Waals surface area contributed by atoms with E-state index < -0.39 is 6.10 Å². The molecule has 0 bridgehead atoms. The van der Waals surface area contributed by atoms with Crippen LogP contribution in [0.15, 0.2) is 24.3 Å². The van der Waals surface area contributed by atoms with Crippen molar-refractivity contribution in [2.45, 2.75) is 45.8 Å². The van der Waals surface area contributed by atoms with Crippen molar-refractivity contribution in [2.75, 3.05) is 6.54 Å². The van der Waals surface area contributed by atoms with Crippen LogP contribution in [-0.4, -0.2) is 29.8 Å². The molecule has 106 valence electrons. The Morgan fingerprint density at radius 2 is 1.95 bits per heavy atom. The minimum absolute atomic E-state index is 0.108. The van der Waals surface area contributed by atoms with E-state index in [-0.39, 0.29) is 18.6 Å². The van der Waals surface area contributed by atoms with Crippen LogP contribution in [0.5, 0.6) is 0 Å². The average molecular weight is 264 g/mol. The van der Waals surface area contributed by atoms with Crippen LogP contribution >= 0.6 is 0 Å². The summed E-state index contributed by atoms with van der Waals surface area (Å²) >= 11 is 0. The second kappa shape index (κ2) is 7.79. The highest BCUT2D eigenvalue weighted by Gasteiger charge is 2.11. The lowest BCUT2D eigenvalue weighted by Gasteiger charge is -2.18. The van der Waals surface area contributed by atoms with E-state index in [1.54, 1.807) is 6.92 Å². The van der Waals surface area contributed by atoms with Crippen LogP contribution < -0.4 is 10.6 Å². The number of aliphatic hydroxyl groups excluding tert-OH is 1. The van der Waals surface area contributed by atoms with Crippen LogP contribution in [0.25, 0.3) is 0 Å². The maximum atomic E-state index is 11.6. The Labute approximate surface area is 115 Å². The van der Waals surface area contributed by atoms with E-state index in [0.717, 1.165) is 12.8 Å². The monoisotopic (exact) mass is 264 g/mol. The first-order chi connectivity index (χ1) is 9.01. The molecule has 19 heavy (non-hydrogen) atoms. The molecule has 0 spiro atoms. The molecule has 0 saturated heterocycles. The Bertz CT molecular complexity index is 388. The van der Waals surface area contributed by atoms with Crippen molar-refractivity contribution in [3.8, 4) is 0 Å². The summed E-state index contributed by atoms with van der Waals surface area (Å²) in [6, 6.07) is 8.22. The molecule has 0 radical (unpaired) electrons. The number of amides is 2. The van der Waals surface area contributed by atoms with Gasteiger partial charge in [0.15, 0.2) is 0 Å². The van der Waals surface area contributed by atoms with Crippen molar-refractivity contribution in [1.29, 1.82) is 0 Å². The number of rotatable bonds is 6. The molecule has 0 aliphatic rings. The number of carbonyl (C=O) groups excluding carboxylic acids is 1. The van der Waals surface area contributed by atoms with Crippen LogP contribution in [0.3, 0.4) is 0 Å². The van der Waals surface area contributed by atoms with Gasteiger partial charge in [-0.3, -0.25) is 0 Å². The van der Waals surface area contributed by atoms with Crippen molar-refractivity contribution < 1.29 is 9.90 Å². The first-order valence-electron chi connectivity index (χ1n) is 6.79. The molecule has 0 heterocycles. The lowest BCUT2D eigenvalue weighted by molar-refractivity contribution is 0.186. The summed E-state index contributed by atoms with van der Waals surface area (Å²) in [7, 11) is 0. The van der Waals surface area contributed by atoms with Gasteiger partial charge in [-0.15, -0.1) is 0 Å². The van der Waals surface area contributed by atoms with Gasteiger partial charge in [-0.1, -0.05) is 36.8 Å². The molecule has 0 fully saturated rings. The summed E-state index contributed by atoms with van der Waals surface area (Å²) < 4.78 is 0. The number of aryl methyl sites for hydroxylation is 1.